The quantitative estimate of drug-likeness (QED) is 0.478. The van der Waals surface area contributed by atoms with Crippen molar-refractivity contribution in [1.29, 1.82) is 0 Å². The highest BCUT2D eigenvalue weighted by molar-refractivity contribution is 7.98. The van der Waals surface area contributed by atoms with Crippen LogP contribution < -0.4 is 10.1 Å². The van der Waals surface area contributed by atoms with E-state index in [1.165, 1.54) is 11.8 Å². The first-order valence-corrected chi connectivity index (χ1v) is 11.9. The molecule has 8 nitrogen and oxygen atoms in total. The second kappa shape index (κ2) is 11.3. The normalized spacial score (nSPS) is 15.2. The van der Waals surface area contributed by atoms with Gasteiger partial charge in [0.1, 0.15) is 16.5 Å². The average Bonchev–Trinajstić information content (AvgIpc) is 3.29. The summed E-state index contributed by atoms with van der Waals surface area (Å²) < 4.78 is 15.9. The summed E-state index contributed by atoms with van der Waals surface area (Å²) >= 11 is 1.47. The molecule has 4 rings (SSSR count). The van der Waals surface area contributed by atoms with E-state index < -0.39 is 0 Å². The summed E-state index contributed by atoms with van der Waals surface area (Å²) in [5.41, 5.74) is 2.50. The molecule has 9 heteroatoms. The number of rotatable bonds is 9. The number of methoxy groups -OCH3 is 1. The molecule has 3 heterocycles. The fraction of sp³-hybridized carbons (Fsp3) is 0.375. The smallest absolute Gasteiger partial charge is 0.254 e. The lowest BCUT2D eigenvalue weighted by Gasteiger charge is -2.35. The topological polar surface area (TPSA) is 89.7 Å². The first-order valence-electron chi connectivity index (χ1n) is 10.9. The highest BCUT2D eigenvalue weighted by Crippen LogP contribution is 2.26. The summed E-state index contributed by atoms with van der Waals surface area (Å²) in [6, 6.07) is 13.5. The Morgan fingerprint density at radius 2 is 2.03 bits per heavy atom. The van der Waals surface area contributed by atoms with Gasteiger partial charge in [-0.15, -0.1) is 0 Å². The van der Waals surface area contributed by atoms with Gasteiger partial charge in [0.2, 0.25) is 0 Å². The van der Waals surface area contributed by atoms with E-state index in [1.807, 2.05) is 25.1 Å². The van der Waals surface area contributed by atoms with Crippen molar-refractivity contribution in [2.24, 2.45) is 0 Å². The van der Waals surface area contributed by atoms with E-state index >= 15 is 0 Å². The van der Waals surface area contributed by atoms with Gasteiger partial charge in [-0.2, -0.15) is 0 Å². The van der Waals surface area contributed by atoms with E-state index in [1.54, 1.807) is 25.4 Å². The molecule has 1 aliphatic heterocycles. The molecular weight excluding hydrogens is 440 g/mol. The molecule has 174 valence electrons. The molecular formula is C24H28N4O4S. The van der Waals surface area contributed by atoms with E-state index in [-0.39, 0.29) is 11.9 Å². The number of hydrogen-bond acceptors (Lipinski definition) is 8. The molecule has 2 aromatic heterocycles. The zero-order valence-electron chi connectivity index (χ0n) is 18.8. The maximum absolute atomic E-state index is 13.1. The second-order valence-electron chi connectivity index (χ2n) is 7.72. The summed E-state index contributed by atoms with van der Waals surface area (Å²) in [5.74, 6) is 2.01. The van der Waals surface area contributed by atoms with Crippen molar-refractivity contribution in [2.45, 2.75) is 23.7 Å². The van der Waals surface area contributed by atoms with Crippen LogP contribution in [0.25, 0.3) is 0 Å². The number of carbonyl (C=O) groups excluding carboxylic acids is 1. The van der Waals surface area contributed by atoms with Crippen LogP contribution >= 0.6 is 11.8 Å². The Morgan fingerprint density at radius 3 is 2.73 bits per heavy atom. The minimum Gasteiger partial charge on any atom is -0.497 e. The number of aryl methyl sites for hydroxylation is 1. The van der Waals surface area contributed by atoms with Gasteiger partial charge in [0, 0.05) is 37.7 Å². The van der Waals surface area contributed by atoms with Gasteiger partial charge in [-0.05, 0) is 36.8 Å². The molecule has 1 N–H and O–H groups in total. The molecule has 0 aliphatic carbocycles. The Balaban J connectivity index is 1.45. The number of hydrogen-bond donors (Lipinski definition) is 1. The van der Waals surface area contributed by atoms with Crippen molar-refractivity contribution < 1.29 is 18.8 Å². The molecule has 1 saturated heterocycles. The molecule has 0 spiro atoms. The summed E-state index contributed by atoms with van der Waals surface area (Å²) in [6.07, 6.45) is 1.70. The Labute approximate surface area is 197 Å². The number of benzene rings is 1. The van der Waals surface area contributed by atoms with Crippen LogP contribution in [0.15, 0.2) is 58.2 Å². The molecule has 1 fully saturated rings. The van der Waals surface area contributed by atoms with Gasteiger partial charge in [-0.25, -0.2) is 4.98 Å². The summed E-state index contributed by atoms with van der Waals surface area (Å²) in [7, 11) is 1.65. The average molecular weight is 469 g/mol. The molecule has 0 bridgehead atoms. The van der Waals surface area contributed by atoms with Crippen LogP contribution in [-0.2, 0) is 10.5 Å². The first kappa shape index (κ1) is 23.3. The minimum absolute atomic E-state index is 0.0367. The predicted molar refractivity (Wildman–Crippen MR) is 125 cm³/mol. The van der Waals surface area contributed by atoms with Gasteiger partial charge in [-0.3, -0.25) is 9.69 Å². The number of carbonyl (C=O) groups is 1. The molecule has 1 aromatic carbocycles. The van der Waals surface area contributed by atoms with E-state index in [9.17, 15) is 4.79 Å². The minimum atomic E-state index is -0.145. The van der Waals surface area contributed by atoms with Gasteiger partial charge < -0.3 is 19.3 Å². The number of aromatic nitrogens is 2. The Bertz CT molecular complexity index is 1050. The molecule has 1 unspecified atom stereocenters. The van der Waals surface area contributed by atoms with Crippen LogP contribution in [0.1, 0.15) is 33.4 Å². The fourth-order valence-electron chi connectivity index (χ4n) is 3.76. The van der Waals surface area contributed by atoms with Gasteiger partial charge >= 0.3 is 0 Å². The van der Waals surface area contributed by atoms with Crippen molar-refractivity contribution in [3.63, 3.8) is 0 Å². The van der Waals surface area contributed by atoms with Gasteiger partial charge in [0.15, 0.2) is 0 Å². The maximum Gasteiger partial charge on any atom is 0.254 e. The lowest BCUT2D eigenvalue weighted by Crippen LogP contribution is -2.43. The number of thioether (sulfide) groups is 1. The second-order valence-corrected chi connectivity index (χ2v) is 8.69. The van der Waals surface area contributed by atoms with E-state index in [0.29, 0.717) is 36.1 Å². The van der Waals surface area contributed by atoms with Crippen molar-refractivity contribution in [1.82, 2.24) is 20.4 Å². The summed E-state index contributed by atoms with van der Waals surface area (Å²) in [5, 5.41) is 7.81. The van der Waals surface area contributed by atoms with Crippen molar-refractivity contribution >= 4 is 17.7 Å². The number of ether oxygens (including phenoxy) is 2. The fourth-order valence-corrected chi connectivity index (χ4v) is 4.64. The van der Waals surface area contributed by atoms with Crippen LogP contribution in [0.5, 0.6) is 5.75 Å². The Hall–Kier alpha value is -2.88. The highest BCUT2D eigenvalue weighted by atomic mass is 32.2. The molecule has 1 amide bonds. The third-order valence-electron chi connectivity index (χ3n) is 5.49. The SMILES string of the molecule is COc1ccc(C(CNC(=O)c2cccnc2SCc2cc(C)on2)N2CCOCC2)cc1. The molecule has 0 radical (unpaired) electrons. The first-order chi connectivity index (χ1) is 16.1. The number of amides is 1. The third-order valence-corrected chi connectivity index (χ3v) is 6.53. The van der Waals surface area contributed by atoms with Crippen molar-refractivity contribution in [3.8, 4) is 5.75 Å². The van der Waals surface area contributed by atoms with E-state index in [4.69, 9.17) is 14.0 Å². The summed E-state index contributed by atoms with van der Waals surface area (Å²) in [6.45, 7) is 5.34. The standard InChI is InChI=1S/C24H28N4O4S/c1-17-14-19(27-32-17)16-33-24-21(4-3-9-25-24)23(29)26-15-22(28-10-12-31-13-11-28)18-5-7-20(30-2)8-6-18/h3-9,14,22H,10-13,15-16H2,1-2H3,(H,26,29). The lowest BCUT2D eigenvalue weighted by atomic mass is 10.0. The largest absolute Gasteiger partial charge is 0.497 e. The molecule has 3 aromatic rings. The van der Waals surface area contributed by atoms with E-state index in [2.05, 4.69) is 32.5 Å². The number of nitrogens with zero attached hydrogens (tertiary/aromatic N) is 3. The highest BCUT2D eigenvalue weighted by Gasteiger charge is 2.24. The van der Waals surface area contributed by atoms with Gasteiger partial charge in [0.25, 0.3) is 5.91 Å². The van der Waals surface area contributed by atoms with Crippen LogP contribution in [0.4, 0.5) is 0 Å². The van der Waals surface area contributed by atoms with Crippen molar-refractivity contribution in [3.05, 3.63) is 71.2 Å². The van der Waals surface area contributed by atoms with Crippen LogP contribution in [-0.4, -0.2) is 60.9 Å². The third kappa shape index (κ3) is 6.13. The lowest BCUT2D eigenvalue weighted by molar-refractivity contribution is 0.0162. The zero-order valence-corrected chi connectivity index (χ0v) is 19.6. The Morgan fingerprint density at radius 1 is 1.24 bits per heavy atom. The van der Waals surface area contributed by atoms with Crippen LogP contribution in [0, 0.1) is 6.92 Å². The Kier molecular flexibility index (Phi) is 7.98. The number of pyridine rings is 1. The zero-order chi connectivity index (χ0) is 23.0. The maximum atomic E-state index is 13.1. The monoisotopic (exact) mass is 468 g/mol. The van der Waals surface area contributed by atoms with Crippen LogP contribution in [0.2, 0.25) is 0 Å². The van der Waals surface area contributed by atoms with E-state index in [0.717, 1.165) is 35.9 Å². The van der Waals surface area contributed by atoms with Gasteiger partial charge in [0.05, 0.1) is 37.6 Å². The summed E-state index contributed by atoms with van der Waals surface area (Å²) in [4.78, 5) is 19.9. The predicted octanol–water partition coefficient (Wildman–Crippen LogP) is 3.48. The number of nitrogens with one attached hydrogen (secondary N) is 1. The molecule has 33 heavy (non-hydrogen) atoms. The van der Waals surface area contributed by atoms with Gasteiger partial charge in [-0.1, -0.05) is 29.1 Å². The number of morpholine rings is 1. The van der Waals surface area contributed by atoms with Crippen LogP contribution in [0.3, 0.4) is 0 Å². The van der Waals surface area contributed by atoms with Crippen molar-refractivity contribution in [2.75, 3.05) is 40.0 Å². The molecule has 1 aliphatic rings. The molecule has 0 saturated carbocycles. The molecule has 1 atom stereocenters.